The largest absolute Gasteiger partial charge is 0.355 e. The van der Waals surface area contributed by atoms with Crippen molar-refractivity contribution in [3.05, 3.63) is 35.9 Å². The van der Waals surface area contributed by atoms with Gasteiger partial charge in [-0.2, -0.15) is 0 Å². The quantitative estimate of drug-likeness (QED) is 0.627. The lowest BCUT2D eigenvalue weighted by molar-refractivity contribution is 0.194. The lowest BCUT2D eigenvalue weighted by Gasteiger charge is -2.31. The van der Waals surface area contributed by atoms with Gasteiger partial charge in [0.15, 0.2) is 5.96 Å². The zero-order chi connectivity index (χ0) is 15.6. The molecule has 122 valence electrons. The molecule has 1 aliphatic rings. The van der Waals surface area contributed by atoms with Crippen molar-refractivity contribution in [2.45, 2.75) is 44.7 Å². The fourth-order valence-electron chi connectivity index (χ4n) is 3.06. The van der Waals surface area contributed by atoms with Crippen molar-refractivity contribution in [3.8, 4) is 0 Å². The van der Waals surface area contributed by atoms with Crippen LogP contribution in [0.4, 0.5) is 0 Å². The van der Waals surface area contributed by atoms with E-state index in [0.717, 1.165) is 31.6 Å². The molecule has 0 radical (unpaired) electrons. The number of likely N-dealkylation sites (N-methyl/N-ethyl adjacent to an activating group) is 1. The van der Waals surface area contributed by atoms with Gasteiger partial charge in [-0.25, -0.2) is 0 Å². The van der Waals surface area contributed by atoms with Crippen LogP contribution in [0.3, 0.4) is 0 Å². The number of hydrogen-bond acceptors (Lipinski definition) is 2. The summed E-state index contributed by atoms with van der Waals surface area (Å²) in [5.74, 6) is 0.876. The van der Waals surface area contributed by atoms with E-state index in [2.05, 4.69) is 51.8 Å². The molecular formula is C18H30N4. The van der Waals surface area contributed by atoms with Gasteiger partial charge in [0.25, 0.3) is 0 Å². The summed E-state index contributed by atoms with van der Waals surface area (Å²) in [6, 6.07) is 11.2. The molecule has 1 aromatic rings. The van der Waals surface area contributed by atoms with E-state index in [0.29, 0.717) is 0 Å². The van der Waals surface area contributed by atoms with Gasteiger partial charge in [-0.1, -0.05) is 49.6 Å². The van der Waals surface area contributed by atoms with Gasteiger partial charge in [0.05, 0.1) is 0 Å². The second-order valence-corrected chi connectivity index (χ2v) is 6.11. The Morgan fingerprint density at radius 1 is 1.14 bits per heavy atom. The number of benzene rings is 1. The monoisotopic (exact) mass is 302 g/mol. The van der Waals surface area contributed by atoms with E-state index in [1.807, 2.05) is 13.1 Å². The Kier molecular flexibility index (Phi) is 7.23. The van der Waals surface area contributed by atoms with Crippen LogP contribution in [0.2, 0.25) is 0 Å². The molecule has 2 N–H and O–H groups in total. The number of nitrogens with zero attached hydrogens (tertiary/aromatic N) is 2. The van der Waals surface area contributed by atoms with Gasteiger partial charge in [-0.3, -0.25) is 4.99 Å². The van der Waals surface area contributed by atoms with E-state index in [4.69, 9.17) is 0 Å². The topological polar surface area (TPSA) is 39.7 Å². The van der Waals surface area contributed by atoms with Crippen molar-refractivity contribution >= 4 is 5.96 Å². The molecule has 0 spiro atoms. The molecule has 0 amide bonds. The highest BCUT2D eigenvalue weighted by Crippen LogP contribution is 2.21. The zero-order valence-electron chi connectivity index (χ0n) is 14.0. The van der Waals surface area contributed by atoms with E-state index in [-0.39, 0.29) is 0 Å². The molecule has 1 aliphatic carbocycles. The molecule has 1 fully saturated rings. The maximum atomic E-state index is 4.29. The Morgan fingerprint density at radius 3 is 2.55 bits per heavy atom. The highest BCUT2D eigenvalue weighted by Gasteiger charge is 2.17. The Labute approximate surface area is 135 Å². The predicted octanol–water partition coefficient (Wildman–Crippen LogP) is 2.62. The molecule has 0 heterocycles. The molecule has 1 aromatic carbocycles. The van der Waals surface area contributed by atoms with Gasteiger partial charge in [0.1, 0.15) is 0 Å². The van der Waals surface area contributed by atoms with Gasteiger partial charge in [0.2, 0.25) is 0 Å². The summed E-state index contributed by atoms with van der Waals surface area (Å²) in [7, 11) is 4.07. The second kappa shape index (κ2) is 9.46. The summed E-state index contributed by atoms with van der Waals surface area (Å²) in [5.41, 5.74) is 1.27. The molecule has 22 heavy (non-hydrogen) atoms. The first kappa shape index (κ1) is 16.8. The van der Waals surface area contributed by atoms with E-state index >= 15 is 0 Å². The molecule has 0 unspecified atom stereocenters. The number of guanidine groups is 1. The minimum atomic E-state index is 0.773. The van der Waals surface area contributed by atoms with Crippen LogP contribution in [0.15, 0.2) is 35.3 Å². The van der Waals surface area contributed by atoms with E-state index in [1.165, 1.54) is 37.7 Å². The van der Waals surface area contributed by atoms with Crippen LogP contribution < -0.4 is 10.6 Å². The number of rotatable bonds is 6. The molecule has 0 saturated heterocycles. The van der Waals surface area contributed by atoms with Crippen molar-refractivity contribution < 1.29 is 0 Å². The maximum Gasteiger partial charge on any atom is 0.191 e. The van der Waals surface area contributed by atoms with Gasteiger partial charge < -0.3 is 15.5 Å². The van der Waals surface area contributed by atoms with Crippen molar-refractivity contribution in [2.24, 2.45) is 4.99 Å². The van der Waals surface area contributed by atoms with Gasteiger partial charge in [0, 0.05) is 32.7 Å². The molecular weight excluding hydrogens is 272 g/mol. The first-order chi connectivity index (χ1) is 10.8. The molecule has 0 atom stereocenters. The molecule has 2 rings (SSSR count). The highest BCUT2D eigenvalue weighted by atomic mass is 15.2. The second-order valence-electron chi connectivity index (χ2n) is 6.11. The first-order valence-electron chi connectivity index (χ1n) is 8.48. The summed E-state index contributed by atoms with van der Waals surface area (Å²) in [5, 5.41) is 6.77. The van der Waals surface area contributed by atoms with Crippen molar-refractivity contribution in [2.75, 3.05) is 27.2 Å². The van der Waals surface area contributed by atoms with Crippen LogP contribution in [-0.4, -0.2) is 44.1 Å². The smallest absolute Gasteiger partial charge is 0.191 e. The van der Waals surface area contributed by atoms with Crippen LogP contribution in [0.25, 0.3) is 0 Å². The highest BCUT2D eigenvalue weighted by molar-refractivity contribution is 5.79. The molecule has 4 heteroatoms. The maximum absolute atomic E-state index is 4.29. The van der Waals surface area contributed by atoms with Crippen LogP contribution >= 0.6 is 0 Å². The average molecular weight is 302 g/mol. The van der Waals surface area contributed by atoms with Crippen LogP contribution in [0.1, 0.15) is 37.7 Å². The summed E-state index contributed by atoms with van der Waals surface area (Å²) >= 11 is 0. The molecule has 0 aromatic heterocycles. The average Bonchev–Trinajstić information content (AvgIpc) is 2.59. The third-order valence-corrected chi connectivity index (χ3v) is 4.48. The summed E-state index contributed by atoms with van der Waals surface area (Å²) in [4.78, 5) is 6.79. The number of aliphatic imine (C=N–C) groups is 1. The summed E-state index contributed by atoms with van der Waals surface area (Å²) in [6.07, 6.45) is 6.92. The Balaban J connectivity index is 1.65. The summed E-state index contributed by atoms with van der Waals surface area (Å²) < 4.78 is 0. The minimum Gasteiger partial charge on any atom is -0.355 e. The van der Waals surface area contributed by atoms with E-state index < -0.39 is 0 Å². The fraction of sp³-hybridized carbons (Fsp3) is 0.611. The molecule has 0 aliphatic heterocycles. The SMILES string of the molecule is CN=C(NCCN(C)C1CCCCC1)NCc1ccccc1. The van der Waals surface area contributed by atoms with Gasteiger partial charge >= 0.3 is 0 Å². The minimum absolute atomic E-state index is 0.773. The number of hydrogen-bond donors (Lipinski definition) is 2. The normalized spacial score (nSPS) is 16.8. The molecule has 1 saturated carbocycles. The zero-order valence-corrected chi connectivity index (χ0v) is 14.0. The van der Waals surface area contributed by atoms with E-state index in [9.17, 15) is 0 Å². The van der Waals surface area contributed by atoms with Crippen molar-refractivity contribution in [1.29, 1.82) is 0 Å². The van der Waals surface area contributed by atoms with Gasteiger partial charge in [-0.05, 0) is 25.5 Å². The van der Waals surface area contributed by atoms with Crippen LogP contribution in [0, 0.1) is 0 Å². The Morgan fingerprint density at radius 2 is 1.86 bits per heavy atom. The lowest BCUT2D eigenvalue weighted by Crippen LogP contribution is -2.43. The van der Waals surface area contributed by atoms with Crippen molar-refractivity contribution in [1.82, 2.24) is 15.5 Å². The third-order valence-electron chi connectivity index (χ3n) is 4.48. The Bertz CT molecular complexity index is 438. The van der Waals surface area contributed by atoms with E-state index in [1.54, 1.807) is 0 Å². The van der Waals surface area contributed by atoms with Crippen LogP contribution in [0.5, 0.6) is 0 Å². The lowest BCUT2D eigenvalue weighted by atomic mass is 9.94. The Hall–Kier alpha value is -1.55. The van der Waals surface area contributed by atoms with Gasteiger partial charge in [-0.15, -0.1) is 0 Å². The van der Waals surface area contributed by atoms with Crippen molar-refractivity contribution in [3.63, 3.8) is 0 Å². The summed E-state index contributed by atoms with van der Waals surface area (Å²) in [6.45, 7) is 2.80. The predicted molar refractivity (Wildman–Crippen MR) is 94.1 cm³/mol. The first-order valence-corrected chi connectivity index (χ1v) is 8.48. The molecule has 4 nitrogen and oxygen atoms in total. The van der Waals surface area contributed by atoms with Crippen LogP contribution in [-0.2, 0) is 6.54 Å². The number of nitrogens with one attached hydrogen (secondary N) is 2. The fourth-order valence-corrected chi connectivity index (χ4v) is 3.06. The third kappa shape index (κ3) is 5.68. The molecule has 0 bridgehead atoms. The standard InChI is InChI=1S/C18H30N4/c1-19-18(21-15-16-9-5-3-6-10-16)20-13-14-22(2)17-11-7-4-8-12-17/h3,5-6,9-10,17H,4,7-8,11-15H2,1-2H3,(H2,19,20,21).